The molecule has 4 N–H and O–H groups in total. The monoisotopic (exact) mass is 561 g/mol. The van der Waals surface area contributed by atoms with Gasteiger partial charge in [0.1, 0.15) is 36.2 Å². The fraction of sp³-hybridized carbons (Fsp3) is 0.538. The topological polar surface area (TPSA) is 156 Å². The molecule has 3 atom stereocenters. The SMILES string of the molecule is CCC[C@@H]1NC(=O)c2cc(Cl)ccc2OCCn2cc(nn2)CNC(=O)[C@@H](CC(C)C)NC(=O)[C@@H](C)NC1=O. The molecule has 39 heavy (non-hydrogen) atoms. The highest BCUT2D eigenvalue weighted by Gasteiger charge is 2.28. The average Bonchev–Trinajstić information content (AvgIpc) is 3.34. The fourth-order valence-electron chi connectivity index (χ4n) is 4.06. The van der Waals surface area contributed by atoms with Crippen LogP contribution in [0.1, 0.15) is 63.0 Å². The Hall–Kier alpha value is -3.67. The number of carbonyl (C=O) groups is 4. The average molecular weight is 562 g/mol. The summed E-state index contributed by atoms with van der Waals surface area (Å²) in [7, 11) is 0. The second-order valence-corrected chi connectivity index (χ2v) is 10.4. The van der Waals surface area contributed by atoms with E-state index in [1.807, 2.05) is 20.8 Å². The van der Waals surface area contributed by atoms with Crippen LogP contribution in [-0.4, -0.2) is 63.4 Å². The predicted molar refractivity (Wildman–Crippen MR) is 144 cm³/mol. The lowest BCUT2D eigenvalue weighted by Crippen LogP contribution is -2.56. The van der Waals surface area contributed by atoms with Crippen LogP contribution in [0.3, 0.4) is 0 Å². The number of benzene rings is 1. The molecule has 13 heteroatoms. The zero-order valence-corrected chi connectivity index (χ0v) is 23.4. The van der Waals surface area contributed by atoms with Gasteiger partial charge in [-0.1, -0.05) is 44.0 Å². The number of nitrogens with one attached hydrogen (secondary N) is 4. The molecule has 0 saturated heterocycles. The van der Waals surface area contributed by atoms with E-state index < -0.39 is 35.8 Å². The number of ether oxygens (including phenoxy) is 1. The van der Waals surface area contributed by atoms with E-state index in [-0.39, 0.29) is 30.5 Å². The molecule has 1 aromatic heterocycles. The second-order valence-electron chi connectivity index (χ2n) is 9.92. The fourth-order valence-corrected chi connectivity index (χ4v) is 4.23. The Morgan fingerprint density at radius 1 is 1.08 bits per heavy atom. The van der Waals surface area contributed by atoms with Gasteiger partial charge in [-0.3, -0.25) is 19.2 Å². The van der Waals surface area contributed by atoms with Crippen LogP contribution in [0.15, 0.2) is 24.4 Å². The lowest BCUT2D eigenvalue weighted by Gasteiger charge is -2.24. The van der Waals surface area contributed by atoms with Crippen LogP contribution in [0.25, 0.3) is 0 Å². The Bertz CT molecular complexity index is 1190. The molecule has 2 bridgehead atoms. The first kappa shape index (κ1) is 29.9. The van der Waals surface area contributed by atoms with Crippen LogP contribution in [0.5, 0.6) is 5.75 Å². The standard InChI is InChI=1S/C26H36ClN7O5/c1-5-6-20-26(38)29-16(4)23(35)31-21(11-15(2)3)25(37)28-13-18-14-34(33-32-18)9-10-39-22-8-7-17(27)12-19(22)24(36)30-20/h7-8,12,14-16,20-21H,5-6,9-11,13H2,1-4H3,(H,28,37)(H,29,38)(H,30,36)(H,31,35)/t16-,20+,21-/m1/s1. The van der Waals surface area contributed by atoms with E-state index in [9.17, 15) is 19.2 Å². The smallest absolute Gasteiger partial charge is 0.255 e. The Morgan fingerprint density at radius 2 is 1.85 bits per heavy atom. The van der Waals surface area contributed by atoms with Gasteiger partial charge in [-0.15, -0.1) is 5.10 Å². The lowest BCUT2D eigenvalue weighted by atomic mass is 10.0. The van der Waals surface area contributed by atoms with Crippen LogP contribution in [0.2, 0.25) is 5.02 Å². The highest BCUT2D eigenvalue weighted by Crippen LogP contribution is 2.23. The Balaban J connectivity index is 1.89. The van der Waals surface area contributed by atoms with Crippen molar-refractivity contribution in [3.63, 3.8) is 0 Å². The largest absolute Gasteiger partial charge is 0.491 e. The Labute approximate surface area is 232 Å². The van der Waals surface area contributed by atoms with E-state index in [2.05, 4.69) is 31.6 Å². The van der Waals surface area contributed by atoms with Gasteiger partial charge >= 0.3 is 0 Å². The number of halogens is 1. The molecule has 4 amide bonds. The van der Waals surface area contributed by atoms with Gasteiger partial charge in [0, 0.05) is 5.02 Å². The molecular weight excluding hydrogens is 526 g/mol. The van der Waals surface area contributed by atoms with Crippen molar-refractivity contribution in [2.45, 2.75) is 78.2 Å². The van der Waals surface area contributed by atoms with Crippen molar-refractivity contribution in [2.75, 3.05) is 6.61 Å². The molecule has 3 rings (SSSR count). The number of amides is 4. The summed E-state index contributed by atoms with van der Waals surface area (Å²) in [5, 5.41) is 19.4. The molecule has 2 heterocycles. The third-order valence-corrected chi connectivity index (χ3v) is 6.32. The van der Waals surface area contributed by atoms with Crippen molar-refractivity contribution in [3.8, 4) is 5.75 Å². The first-order valence-corrected chi connectivity index (χ1v) is 13.5. The minimum absolute atomic E-state index is 0.122. The van der Waals surface area contributed by atoms with Gasteiger partial charge in [0.2, 0.25) is 17.7 Å². The molecule has 0 saturated carbocycles. The molecule has 2 aromatic rings. The molecule has 12 nitrogen and oxygen atoms in total. The quantitative estimate of drug-likeness (QED) is 0.441. The van der Waals surface area contributed by atoms with Crippen molar-refractivity contribution < 1.29 is 23.9 Å². The van der Waals surface area contributed by atoms with E-state index in [0.717, 1.165) is 0 Å². The molecule has 0 aliphatic carbocycles. The van der Waals surface area contributed by atoms with E-state index >= 15 is 0 Å². The summed E-state index contributed by atoms with van der Waals surface area (Å²) in [6.07, 6.45) is 3.03. The molecule has 1 aliphatic rings. The minimum Gasteiger partial charge on any atom is -0.491 e. The molecule has 0 radical (unpaired) electrons. The van der Waals surface area contributed by atoms with Gasteiger partial charge in [0.25, 0.3) is 5.91 Å². The maximum absolute atomic E-state index is 13.2. The van der Waals surface area contributed by atoms with Crippen LogP contribution in [0.4, 0.5) is 0 Å². The first-order valence-electron chi connectivity index (χ1n) is 13.1. The normalized spacial score (nSPS) is 21.6. The maximum atomic E-state index is 13.2. The highest BCUT2D eigenvalue weighted by atomic mass is 35.5. The summed E-state index contributed by atoms with van der Waals surface area (Å²) >= 11 is 6.15. The van der Waals surface area contributed by atoms with Crippen LogP contribution < -0.4 is 26.0 Å². The molecule has 1 aliphatic heterocycles. The predicted octanol–water partition coefficient (Wildman–Crippen LogP) is 1.57. The van der Waals surface area contributed by atoms with E-state index in [1.54, 1.807) is 23.0 Å². The zero-order chi connectivity index (χ0) is 28.5. The van der Waals surface area contributed by atoms with Crippen LogP contribution >= 0.6 is 11.6 Å². The number of aromatic nitrogens is 3. The van der Waals surface area contributed by atoms with Crippen molar-refractivity contribution in [1.82, 2.24) is 36.3 Å². The van der Waals surface area contributed by atoms with Crippen molar-refractivity contribution >= 4 is 35.2 Å². The third-order valence-electron chi connectivity index (χ3n) is 6.09. The third kappa shape index (κ3) is 8.67. The van der Waals surface area contributed by atoms with Crippen molar-refractivity contribution in [2.24, 2.45) is 5.92 Å². The summed E-state index contributed by atoms with van der Waals surface area (Å²) < 4.78 is 7.41. The van der Waals surface area contributed by atoms with E-state index in [4.69, 9.17) is 16.3 Å². The minimum atomic E-state index is -0.952. The highest BCUT2D eigenvalue weighted by molar-refractivity contribution is 6.31. The summed E-state index contributed by atoms with van der Waals surface area (Å²) in [5.41, 5.74) is 0.705. The zero-order valence-electron chi connectivity index (χ0n) is 22.6. The summed E-state index contributed by atoms with van der Waals surface area (Å²) in [5.74, 6) is -1.53. The van der Waals surface area contributed by atoms with Crippen molar-refractivity contribution in [1.29, 1.82) is 0 Å². The molecule has 212 valence electrons. The van der Waals surface area contributed by atoms with Crippen LogP contribution in [0, 0.1) is 5.92 Å². The Kier molecular flexibility index (Phi) is 10.7. The number of nitrogens with zero attached hydrogens (tertiary/aromatic N) is 3. The number of hydrogen-bond acceptors (Lipinski definition) is 7. The maximum Gasteiger partial charge on any atom is 0.255 e. The van der Waals surface area contributed by atoms with Crippen LogP contribution in [-0.2, 0) is 27.5 Å². The number of hydrogen-bond donors (Lipinski definition) is 4. The summed E-state index contributed by atoms with van der Waals surface area (Å²) in [4.78, 5) is 52.2. The molecule has 0 spiro atoms. The summed E-state index contributed by atoms with van der Waals surface area (Å²) in [6.45, 7) is 7.92. The number of fused-ring (bicyclic) bond motifs is 3. The van der Waals surface area contributed by atoms with Gasteiger partial charge in [-0.2, -0.15) is 0 Å². The molecule has 1 aromatic carbocycles. The molecule has 0 unspecified atom stereocenters. The van der Waals surface area contributed by atoms with Gasteiger partial charge in [-0.25, -0.2) is 4.68 Å². The van der Waals surface area contributed by atoms with Gasteiger partial charge in [-0.05, 0) is 43.9 Å². The number of carbonyl (C=O) groups excluding carboxylic acids is 4. The Morgan fingerprint density at radius 3 is 2.56 bits per heavy atom. The van der Waals surface area contributed by atoms with E-state index in [1.165, 1.54) is 13.0 Å². The molecule has 0 fully saturated rings. The molecular formula is C26H36ClN7O5. The number of rotatable bonds is 4. The summed E-state index contributed by atoms with van der Waals surface area (Å²) in [6, 6.07) is 2.00. The van der Waals surface area contributed by atoms with Gasteiger partial charge in [0.15, 0.2) is 0 Å². The van der Waals surface area contributed by atoms with E-state index in [0.29, 0.717) is 42.3 Å². The van der Waals surface area contributed by atoms with Gasteiger partial charge < -0.3 is 26.0 Å². The lowest BCUT2D eigenvalue weighted by molar-refractivity contribution is -0.132. The van der Waals surface area contributed by atoms with Crippen molar-refractivity contribution in [3.05, 3.63) is 40.7 Å². The second kappa shape index (κ2) is 13.9. The first-order chi connectivity index (χ1) is 18.6. The van der Waals surface area contributed by atoms with Gasteiger partial charge in [0.05, 0.1) is 24.8 Å².